The smallest absolute Gasteiger partial charge is 0.341 e. The summed E-state index contributed by atoms with van der Waals surface area (Å²) in [5.74, 6) is -1.37. The average Bonchev–Trinajstić information content (AvgIpc) is 2.36. The number of nitrogens with zero attached hydrogens (tertiary/aromatic N) is 3. The molecule has 1 rings (SSSR count). The molecule has 0 amide bonds. The normalized spacial score (nSPS) is 10.2. The van der Waals surface area contributed by atoms with Crippen molar-refractivity contribution >= 4 is 23.8 Å². The van der Waals surface area contributed by atoms with Crippen LogP contribution < -0.4 is 16.2 Å². The van der Waals surface area contributed by atoms with Crippen molar-refractivity contribution in [3.8, 4) is 5.75 Å². The van der Waals surface area contributed by atoms with Crippen LogP contribution in [0.25, 0.3) is 0 Å². The predicted octanol–water partition coefficient (Wildman–Crippen LogP) is -0.335. The maximum Gasteiger partial charge on any atom is 0.341 e. The van der Waals surface area contributed by atoms with Crippen LogP contribution in [0, 0.1) is 10.1 Å². The van der Waals surface area contributed by atoms with Gasteiger partial charge in [-0.25, -0.2) is 4.79 Å². The van der Waals surface area contributed by atoms with Gasteiger partial charge in [-0.15, -0.1) is 5.10 Å². The van der Waals surface area contributed by atoms with Crippen molar-refractivity contribution in [2.45, 2.75) is 0 Å². The molecule has 0 unspecified atom stereocenters. The number of carboxylic acids is 1. The minimum absolute atomic E-state index is 0.104. The summed E-state index contributed by atoms with van der Waals surface area (Å²) in [5, 5.41) is 26.0. The number of aliphatic carboxylic acids is 1. The summed E-state index contributed by atoms with van der Waals surface area (Å²) in [6.07, 6.45) is 1.11. The first-order chi connectivity index (χ1) is 9.40. The summed E-state index contributed by atoms with van der Waals surface area (Å²) in [7, 11) is 0. The topological polar surface area (TPSA) is 166 Å². The lowest BCUT2D eigenvalue weighted by Gasteiger charge is -2.06. The number of guanidine groups is 1. The summed E-state index contributed by atoms with van der Waals surface area (Å²) in [6, 6.07) is 3.59. The Hall–Kier alpha value is -3.17. The number of carboxylic acid groups (broad SMARTS) is 1. The van der Waals surface area contributed by atoms with E-state index in [-0.39, 0.29) is 23.0 Å². The molecule has 0 aromatic heterocycles. The van der Waals surface area contributed by atoms with E-state index in [0.29, 0.717) is 0 Å². The van der Waals surface area contributed by atoms with Crippen LogP contribution in [0.1, 0.15) is 5.56 Å². The van der Waals surface area contributed by atoms with Crippen LogP contribution in [0.15, 0.2) is 28.4 Å². The van der Waals surface area contributed by atoms with E-state index >= 15 is 0 Å². The fourth-order valence-electron chi connectivity index (χ4n) is 1.18. The summed E-state index contributed by atoms with van der Waals surface area (Å²) >= 11 is 0. The van der Waals surface area contributed by atoms with Gasteiger partial charge in [0.05, 0.1) is 11.1 Å². The van der Waals surface area contributed by atoms with Crippen molar-refractivity contribution in [2.24, 2.45) is 21.7 Å². The molecule has 10 heteroatoms. The van der Waals surface area contributed by atoms with Crippen LogP contribution in [0.3, 0.4) is 0 Å². The van der Waals surface area contributed by atoms with E-state index < -0.39 is 17.5 Å². The molecule has 1 aromatic rings. The van der Waals surface area contributed by atoms with Gasteiger partial charge in [0.1, 0.15) is 5.75 Å². The molecule has 20 heavy (non-hydrogen) atoms. The molecule has 1 aromatic carbocycles. The molecule has 106 valence electrons. The summed E-state index contributed by atoms with van der Waals surface area (Å²) < 4.78 is 4.97. The van der Waals surface area contributed by atoms with E-state index in [4.69, 9.17) is 21.3 Å². The zero-order valence-corrected chi connectivity index (χ0v) is 10.1. The summed E-state index contributed by atoms with van der Waals surface area (Å²) in [6.45, 7) is -0.596. The lowest BCUT2D eigenvalue weighted by atomic mass is 10.2. The molecular weight excluding hydrogens is 270 g/mol. The third-order valence-corrected chi connectivity index (χ3v) is 1.93. The van der Waals surface area contributed by atoms with Gasteiger partial charge in [-0.2, -0.15) is 5.10 Å². The molecule has 0 fully saturated rings. The van der Waals surface area contributed by atoms with Gasteiger partial charge >= 0.3 is 5.97 Å². The van der Waals surface area contributed by atoms with Crippen molar-refractivity contribution in [2.75, 3.05) is 6.61 Å². The highest BCUT2D eigenvalue weighted by Gasteiger charge is 2.11. The van der Waals surface area contributed by atoms with Gasteiger partial charge < -0.3 is 21.3 Å². The number of benzene rings is 1. The Morgan fingerprint density at radius 2 is 2.20 bits per heavy atom. The van der Waals surface area contributed by atoms with Crippen molar-refractivity contribution in [1.29, 1.82) is 0 Å². The lowest BCUT2D eigenvalue weighted by molar-refractivity contribution is -0.384. The molecule has 0 aliphatic rings. The fourth-order valence-corrected chi connectivity index (χ4v) is 1.18. The third-order valence-electron chi connectivity index (χ3n) is 1.93. The van der Waals surface area contributed by atoms with Gasteiger partial charge in [0.15, 0.2) is 6.61 Å². The van der Waals surface area contributed by atoms with E-state index in [1.54, 1.807) is 0 Å². The van der Waals surface area contributed by atoms with E-state index in [2.05, 4.69) is 10.2 Å². The first-order valence-electron chi connectivity index (χ1n) is 5.15. The van der Waals surface area contributed by atoms with Gasteiger partial charge in [0.25, 0.3) is 5.69 Å². The maximum atomic E-state index is 10.7. The largest absolute Gasteiger partial charge is 0.481 e. The van der Waals surface area contributed by atoms with Crippen molar-refractivity contribution in [1.82, 2.24) is 0 Å². The van der Waals surface area contributed by atoms with Crippen LogP contribution >= 0.6 is 0 Å². The van der Waals surface area contributed by atoms with Gasteiger partial charge in [-0.05, 0) is 6.07 Å². The maximum absolute atomic E-state index is 10.7. The second-order valence-corrected chi connectivity index (χ2v) is 3.43. The highest BCUT2D eigenvalue weighted by atomic mass is 16.6. The number of non-ortho nitro benzene ring substituents is 1. The standard InChI is InChI=1S/C10H11N5O5/c11-10(12)14-13-4-6-3-7(15(18)19)1-2-8(6)20-5-9(16)17/h1-4H,5H2,(H,16,17)(H4,11,12,14). The molecule has 0 heterocycles. The Morgan fingerprint density at radius 1 is 1.50 bits per heavy atom. The van der Waals surface area contributed by atoms with Crippen molar-refractivity contribution in [3.63, 3.8) is 0 Å². The van der Waals surface area contributed by atoms with Crippen molar-refractivity contribution in [3.05, 3.63) is 33.9 Å². The first-order valence-corrected chi connectivity index (χ1v) is 5.15. The van der Waals surface area contributed by atoms with E-state index in [0.717, 1.165) is 12.3 Å². The van der Waals surface area contributed by atoms with Crippen LogP contribution in [0.2, 0.25) is 0 Å². The minimum atomic E-state index is -1.18. The second kappa shape index (κ2) is 6.68. The predicted molar refractivity (Wildman–Crippen MR) is 69.6 cm³/mol. The molecule has 0 saturated carbocycles. The Bertz CT molecular complexity index is 579. The van der Waals surface area contributed by atoms with E-state index in [9.17, 15) is 14.9 Å². The zero-order chi connectivity index (χ0) is 15.1. The molecule has 0 saturated heterocycles. The molecule has 0 aliphatic carbocycles. The van der Waals surface area contributed by atoms with E-state index in [1.807, 2.05) is 0 Å². The molecule has 0 radical (unpaired) electrons. The van der Waals surface area contributed by atoms with Gasteiger partial charge in [0, 0.05) is 17.7 Å². The molecule has 5 N–H and O–H groups in total. The minimum Gasteiger partial charge on any atom is -0.481 e. The first kappa shape index (κ1) is 14.9. The number of ether oxygens (including phenoxy) is 1. The van der Waals surface area contributed by atoms with E-state index in [1.165, 1.54) is 12.1 Å². The van der Waals surface area contributed by atoms with Crippen LogP contribution in [-0.4, -0.2) is 34.8 Å². The fraction of sp³-hybridized carbons (Fsp3) is 0.100. The SMILES string of the molecule is NC(N)=NN=Cc1cc([N+](=O)[O-])ccc1OCC(=O)O. The summed E-state index contributed by atoms with van der Waals surface area (Å²) in [4.78, 5) is 20.5. The number of carbonyl (C=O) groups is 1. The van der Waals surface area contributed by atoms with Crippen molar-refractivity contribution < 1.29 is 19.6 Å². The molecule has 0 atom stereocenters. The lowest BCUT2D eigenvalue weighted by Crippen LogP contribution is -2.21. The van der Waals surface area contributed by atoms with Gasteiger partial charge in [-0.1, -0.05) is 0 Å². The Labute approximate surface area is 112 Å². The molecule has 0 aliphatic heterocycles. The van der Waals surface area contributed by atoms with Crippen LogP contribution in [0.5, 0.6) is 5.75 Å². The number of hydrogen-bond acceptors (Lipinski definition) is 6. The Kier molecular flexibility index (Phi) is 4.97. The number of hydrogen-bond donors (Lipinski definition) is 3. The third kappa shape index (κ3) is 4.60. The quantitative estimate of drug-likeness (QED) is 0.277. The van der Waals surface area contributed by atoms with Crippen LogP contribution in [-0.2, 0) is 4.79 Å². The zero-order valence-electron chi connectivity index (χ0n) is 10.1. The number of rotatable bonds is 6. The number of nitro groups is 1. The highest BCUT2D eigenvalue weighted by molar-refractivity contribution is 5.85. The van der Waals surface area contributed by atoms with Gasteiger partial charge in [-0.3, -0.25) is 10.1 Å². The Balaban J connectivity index is 3.09. The monoisotopic (exact) mass is 281 g/mol. The number of nitrogens with two attached hydrogens (primary N) is 2. The highest BCUT2D eigenvalue weighted by Crippen LogP contribution is 2.22. The molecule has 10 nitrogen and oxygen atoms in total. The number of nitro benzene ring substituents is 1. The second-order valence-electron chi connectivity index (χ2n) is 3.43. The molecule has 0 bridgehead atoms. The van der Waals surface area contributed by atoms with Crippen LogP contribution in [0.4, 0.5) is 5.69 Å². The molecule has 0 spiro atoms. The average molecular weight is 281 g/mol. The summed E-state index contributed by atoms with van der Waals surface area (Å²) in [5.41, 5.74) is 10.1. The van der Waals surface area contributed by atoms with Gasteiger partial charge in [0.2, 0.25) is 5.96 Å². The molecular formula is C10H11N5O5. The Morgan fingerprint density at radius 3 is 2.75 bits per heavy atom.